The summed E-state index contributed by atoms with van der Waals surface area (Å²) in [4.78, 5) is -0.0695. The molecule has 0 fully saturated rings. The third kappa shape index (κ3) is 13.0. The van der Waals surface area contributed by atoms with Gasteiger partial charge in [0.1, 0.15) is 10.1 Å². The number of fused-ring (bicyclic) bond motifs is 1. The average molecular weight is 527 g/mol. The van der Waals surface area contributed by atoms with Gasteiger partial charge in [0.05, 0.1) is 4.90 Å². The molecule has 0 N–H and O–H groups in total. The molecule has 0 saturated carbocycles. The molecule has 35 heavy (non-hydrogen) atoms. The smallest absolute Gasteiger partial charge is 0.744 e. The van der Waals surface area contributed by atoms with Crippen LogP contribution in [0.1, 0.15) is 128 Å². The van der Waals surface area contributed by atoms with Gasteiger partial charge in [-0.2, -0.15) is 0 Å². The molecule has 0 atom stereocenters. The molecule has 0 spiro atoms. The summed E-state index contributed by atoms with van der Waals surface area (Å²) in [6.45, 7) is 4.49. The second-order valence-corrected chi connectivity index (χ2v) is 11.4. The molecule has 2 aromatic rings. The van der Waals surface area contributed by atoms with Crippen LogP contribution in [0.3, 0.4) is 0 Å². The summed E-state index contributed by atoms with van der Waals surface area (Å²) >= 11 is 0. The van der Waals surface area contributed by atoms with Crippen molar-refractivity contribution >= 4 is 20.9 Å². The van der Waals surface area contributed by atoms with E-state index in [1.54, 1.807) is 0 Å². The van der Waals surface area contributed by atoms with E-state index in [1.165, 1.54) is 96.0 Å². The first-order valence-electron chi connectivity index (χ1n) is 14.0. The Morgan fingerprint density at radius 1 is 0.600 bits per heavy atom. The van der Waals surface area contributed by atoms with Crippen LogP contribution in [-0.4, -0.2) is 13.0 Å². The average Bonchev–Trinajstić information content (AvgIpc) is 2.81. The standard InChI is InChI=1S/C30H48O3S.K/c1-3-5-7-9-11-13-15-17-19-26-21-23-28-27(20-18-16-14-12-10-8-6-4-2)22-24-30(29(28)25-26)34(31,32)33;/h21-25H,3-20H2,1-2H3,(H,31,32,33);/q;+1/p-1. The van der Waals surface area contributed by atoms with Crippen LogP contribution in [0.25, 0.3) is 10.8 Å². The van der Waals surface area contributed by atoms with Crippen molar-refractivity contribution in [3.05, 3.63) is 41.5 Å². The summed E-state index contributed by atoms with van der Waals surface area (Å²) < 4.78 is 35.8. The maximum atomic E-state index is 11.9. The molecular weight excluding hydrogens is 479 g/mol. The fourth-order valence-corrected chi connectivity index (χ4v) is 5.61. The van der Waals surface area contributed by atoms with Gasteiger partial charge in [-0.3, -0.25) is 0 Å². The molecule has 0 bridgehead atoms. The van der Waals surface area contributed by atoms with Crippen molar-refractivity contribution < 1.29 is 64.4 Å². The van der Waals surface area contributed by atoms with Gasteiger partial charge in [-0.15, -0.1) is 0 Å². The molecule has 2 rings (SSSR count). The largest absolute Gasteiger partial charge is 1.00 e. The number of rotatable bonds is 19. The van der Waals surface area contributed by atoms with Crippen LogP contribution in [0, 0.1) is 0 Å². The predicted octanol–water partition coefficient (Wildman–Crippen LogP) is 6.11. The molecule has 0 saturated heterocycles. The monoisotopic (exact) mass is 526 g/mol. The van der Waals surface area contributed by atoms with Crippen molar-refractivity contribution in [1.29, 1.82) is 0 Å². The third-order valence-corrected chi connectivity index (χ3v) is 7.91. The molecule has 0 aliphatic rings. The van der Waals surface area contributed by atoms with E-state index < -0.39 is 10.1 Å². The Morgan fingerprint density at radius 3 is 1.60 bits per heavy atom. The van der Waals surface area contributed by atoms with Crippen LogP contribution in [0.4, 0.5) is 0 Å². The Hall–Kier alpha value is 0.246. The van der Waals surface area contributed by atoms with Crippen LogP contribution >= 0.6 is 0 Å². The first-order valence-corrected chi connectivity index (χ1v) is 15.4. The number of benzene rings is 2. The summed E-state index contributed by atoms with van der Waals surface area (Å²) in [7, 11) is -4.49. The molecule has 0 aliphatic carbocycles. The Kier molecular flexibility index (Phi) is 18.4. The zero-order chi connectivity index (χ0) is 24.7. The van der Waals surface area contributed by atoms with Gasteiger partial charge in [-0.25, -0.2) is 8.42 Å². The second-order valence-electron chi connectivity index (χ2n) is 10.0. The summed E-state index contributed by atoms with van der Waals surface area (Å²) in [5, 5.41) is 1.55. The Morgan fingerprint density at radius 2 is 1.09 bits per heavy atom. The molecule has 0 amide bonds. The van der Waals surface area contributed by atoms with Crippen molar-refractivity contribution in [2.45, 2.75) is 134 Å². The molecule has 3 nitrogen and oxygen atoms in total. The molecule has 0 radical (unpaired) electrons. The second kappa shape index (κ2) is 19.3. The van der Waals surface area contributed by atoms with Gasteiger partial charge in [0.15, 0.2) is 0 Å². The van der Waals surface area contributed by atoms with Crippen LogP contribution in [0.15, 0.2) is 35.2 Å². The topological polar surface area (TPSA) is 57.2 Å². The maximum Gasteiger partial charge on any atom is 1.00 e. The van der Waals surface area contributed by atoms with Crippen molar-refractivity contribution in [3.63, 3.8) is 0 Å². The van der Waals surface area contributed by atoms with E-state index in [1.807, 2.05) is 18.2 Å². The van der Waals surface area contributed by atoms with E-state index in [2.05, 4.69) is 19.9 Å². The van der Waals surface area contributed by atoms with Crippen LogP contribution in [-0.2, 0) is 23.0 Å². The van der Waals surface area contributed by atoms with E-state index in [0.717, 1.165) is 42.2 Å². The van der Waals surface area contributed by atoms with Crippen LogP contribution in [0.2, 0.25) is 0 Å². The Balaban J connectivity index is 0.00000612. The van der Waals surface area contributed by atoms with E-state index in [0.29, 0.717) is 5.39 Å². The van der Waals surface area contributed by atoms with Crippen molar-refractivity contribution in [2.75, 3.05) is 0 Å². The van der Waals surface area contributed by atoms with Gasteiger partial charge in [0, 0.05) is 0 Å². The molecule has 0 aliphatic heterocycles. The Bertz CT molecular complexity index is 940. The minimum Gasteiger partial charge on any atom is -0.744 e. The molecule has 0 heterocycles. The molecule has 192 valence electrons. The number of aryl methyl sites for hydroxylation is 2. The van der Waals surface area contributed by atoms with Crippen molar-refractivity contribution in [3.8, 4) is 0 Å². The fourth-order valence-electron chi connectivity index (χ4n) is 4.93. The molecular formula is C30H47KO3S. The van der Waals surface area contributed by atoms with Gasteiger partial charge in [-0.05, 0) is 59.7 Å². The summed E-state index contributed by atoms with van der Waals surface area (Å²) in [5.41, 5.74) is 2.29. The molecule has 2 aromatic carbocycles. The van der Waals surface area contributed by atoms with E-state index in [-0.39, 0.29) is 56.3 Å². The normalized spacial score (nSPS) is 11.6. The van der Waals surface area contributed by atoms with Crippen LogP contribution in [0.5, 0.6) is 0 Å². The molecule has 0 aromatic heterocycles. The number of hydrogen-bond donors (Lipinski definition) is 0. The minimum absolute atomic E-state index is 0. The fraction of sp³-hybridized carbons (Fsp3) is 0.667. The van der Waals surface area contributed by atoms with Gasteiger partial charge in [0.2, 0.25) is 0 Å². The predicted molar refractivity (Wildman–Crippen MR) is 145 cm³/mol. The zero-order valence-corrected chi connectivity index (χ0v) is 26.7. The molecule has 5 heteroatoms. The van der Waals surface area contributed by atoms with Gasteiger partial charge >= 0.3 is 51.4 Å². The summed E-state index contributed by atoms with van der Waals surface area (Å²) in [6, 6.07) is 9.52. The van der Waals surface area contributed by atoms with E-state index >= 15 is 0 Å². The number of unbranched alkanes of at least 4 members (excludes halogenated alkanes) is 14. The van der Waals surface area contributed by atoms with Crippen molar-refractivity contribution in [2.24, 2.45) is 0 Å². The third-order valence-electron chi connectivity index (χ3n) is 7.02. The van der Waals surface area contributed by atoms with Gasteiger partial charge in [-0.1, -0.05) is 122 Å². The van der Waals surface area contributed by atoms with Gasteiger partial charge in [0.25, 0.3) is 0 Å². The molecule has 0 unspecified atom stereocenters. The SMILES string of the molecule is CCCCCCCCCCc1ccc2c(CCCCCCCCCC)ccc(S(=O)(=O)[O-])c2c1.[K+]. The number of hydrogen-bond acceptors (Lipinski definition) is 3. The summed E-state index contributed by atoms with van der Waals surface area (Å²) in [5.74, 6) is 0. The van der Waals surface area contributed by atoms with E-state index in [4.69, 9.17) is 0 Å². The summed E-state index contributed by atoms with van der Waals surface area (Å²) in [6.07, 6.45) is 22.2. The maximum absolute atomic E-state index is 11.9. The van der Waals surface area contributed by atoms with E-state index in [9.17, 15) is 13.0 Å². The first kappa shape index (κ1) is 33.3. The minimum atomic E-state index is -4.49. The zero-order valence-electron chi connectivity index (χ0n) is 22.7. The Labute approximate surface area is 258 Å². The van der Waals surface area contributed by atoms with Crippen LogP contribution < -0.4 is 51.4 Å². The first-order chi connectivity index (χ1) is 16.5. The quantitative estimate of drug-likeness (QED) is 0.126. The van der Waals surface area contributed by atoms with Crippen molar-refractivity contribution in [1.82, 2.24) is 0 Å². The van der Waals surface area contributed by atoms with Gasteiger partial charge < -0.3 is 4.55 Å².